The minimum atomic E-state index is -0.0358. The Morgan fingerprint density at radius 2 is 2.27 bits per heavy atom. The first-order chi connectivity index (χ1) is 10.7. The van der Waals surface area contributed by atoms with Gasteiger partial charge in [0.15, 0.2) is 0 Å². The van der Waals surface area contributed by atoms with Gasteiger partial charge in [-0.15, -0.1) is 10.2 Å². The van der Waals surface area contributed by atoms with Gasteiger partial charge < -0.3 is 10.1 Å². The highest BCUT2D eigenvalue weighted by atomic mass is 32.1. The quantitative estimate of drug-likeness (QED) is 0.794. The van der Waals surface area contributed by atoms with Gasteiger partial charge in [0.25, 0.3) is 0 Å². The molecule has 0 aliphatic heterocycles. The highest BCUT2D eigenvalue weighted by Gasteiger charge is 2.27. The van der Waals surface area contributed by atoms with Crippen LogP contribution in [0.4, 0.5) is 5.13 Å². The van der Waals surface area contributed by atoms with Crippen LogP contribution in [0, 0.1) is 6.92 Å². The predicted molar refractivity (Wildman–Crippen MR) is 86.4 cm³/mol. The van der Waals surface area contributed by atoms with Crippen molar-refractivity contribution in [3.63, 3.8) is 0 Å². The molecule has 2 aromatic rings. The Hall–Kier alpha value is -1.95. The van der Waals surface area contributed by atoms with Gasteiger partial charge in [-0.25, -0.2) is 0 Å². The monoisotopic (exact) mass is 317 g/mol. The smallest absolute Gasteiger partial charge is 0.226 e. The second-order valence-corrected chi connectivity index (χ2v) is 6.55. The summed E-state index contributed by atoms with van der Waals surface area (Å²) in [4.78, 5) is 11.8. The lowest BCUT2D eigenvalue weighted by Gasteiger charge is -2.06. The van der Waals surface area contributed by atoms with Crippen LogP contribution in [-0.2, 0) is 4.79 Å². The van der Waals surface area contributed by atoms with Crippen LogP contribution in [0.3, 0.4) is 0 Å². The van der Waals surface area contributed by atoms with E-state index in [9.17, 15) is 4.79 Å². The molecule has 1 aliphatic rings. The van der Waals surface area contributed by atoms with Crippen molar-refractivity contribution in [2.24, 2.45) is 0 Å². The zero-order valence-corrected chi connectivity index (χ0v) is 13.4. The average molecular weight is 317 g/mol. The van der Waals surface area contributed by atoms with Crippen molar-refractivity contribution in [2.75, 3.05) is 11.9 Å². The number of nitrogens with zero attached hydrogens (tertiary/aromatic N) is 2. The Morgan fingerprint density at radius 1 is 1.41 bits per heavy atom. The third-order valence-corrected chi connectivity index (χ3v) is 4.42. The summed E-state index contributed by atoms with van der Waals surface area (Å²) in [6.45, 7) is 2.55. The number of benzene rings is 1. The lowest BCUT2D eigenvalue weighted by molar-refractivity contribution is -0.116. The Labute approximate surface area is 133 Å². The van der Waals surface area contributed by atoms with Gasteiger partial charge in [-0.3, -0.25) is 4.79 Å². The zero-order chi connectivity index (χ0) is 15.4. The van der Waals surface area contributed by atoms with E-state index < -0.39 is 0 Å². The predicted octanol–water partition coefficient (Wildman–Crippen LogP) is 3.52. The van der Waals surface area contributed by atoms with Gasteiger partial charge in [0, 0.05) is 12.3 Å². The normalized spacial score (nSPS) is 13.9. The number of aromatic nitrogens is 2. The number of anilines is 1. The van der Waals surface area contributed by atoms with E-state index >= 15 is 0 Å². The van der Waals surface area contributed by atoms with Crippen LogP contribution < -0.4 is 10.1 Å². The first-order valence-corrected chi connectivity index (χ1v) is 8.35. The third-order valence-electron chi connectivity index (χ3n) is 3.42. The minimum absolute atomic E-state index is 0.0358. The first-order valence-electron chi connectivity index (χ1n) is 7.53. The molecule has 6 heteroatoms. The maximum absolute atomic E-state index is 11.8. The Bertz CT molecular complexity index is 652. The Balaban J connectivity index is 1.36. The molecule has 0 saturated heterocycles. The minimum Gasteiger partial charge on any atom is -0.494 e. The number of ether oxygens (including phenoxy) is 1. The molecule has 1 amide bonds. The van der Waals surface area contributed by atoms with Gasteiger partial charge in [-0.05, 0) is 43.9 Å². The molecular formula is C16H19N3O2S. The molecule has 0 unspecified atom stereocenters. The summed E-state index contributed by atoms with van der Waals surface area (Å²) in [6.07, 6.45) is 3.48. The largest absolute Gasteiger partial charge is 0.494 e. The highest BCUT2D eigenvalue weighted by molar-refractivity contribution is 7.15. The maximum Gasteiger partial charge on any atom is 0.226 e. The molecule has 0 atom stereocenters. The third kappa shape index (κ3) is 4.27. The maximum atomic E-state index is 11.8. The molecule has 1 aromatic heterocycles. The van der Waals surface area contributed by atoms with Crippen LogP contribution in [0.25, 0.3) is 0 Å². The number of carbonyl (C=O) groups is 1. The van der Waals surface area contributed by atoms with Crippen LogP contribution in [0.1, 0.15) is 42.2 Å². The van der Waals surface area contributed by atoms with Crippen LogP contribution in [-0.4, -0.2) is 22.7 Å². The molecule has 1 N–H and O–H groups in total. The number of amides is 1. The van der Waals surface area contributed by atoms with Crippen molar-refractivity contribution in [2.45, 2.75) is 38.5 Å². The summed E-state index contributed by atoms with van der Waals surface area (Å²) in [5.74, 6) is 1.39. The van der Waals surface area contributed by atoms with Gasteiger partial charge in [-0.2, -0.15) is 0 Å². The fraction of sp³-hybridized carbons (Fsp3) is 0.438. The summed E-state index contributed by atoms with van der Waals surface area (Å²) < 4.78 is 5.63. The topological polar surface area (TPSA) is 64.1 Å². The van der Waals surface area contributed by atoms with Crippen molar-refractivity contribution in [3.05, 3.63) is 34.8 Å². The number of hydrogen-bond donors (Lipinski definition) is 1. The van der Waals surface area contributed by atoms with Gasteiger partial charge in [0.1, 0.15) is 10.8 Å². The summed E-state index contributed by atoms with van der Waals surface area (Å²) in [5, 5.41) is 12.6. The van der Waals surface area contributed by atoms with Crippen LogP contribution in [0.15, 0.2) is 24.3 Å². The van der Waals surface area contributed by atoms with Gasteiger partial charge >= 0.3 is 0 Å². The molecule has 0 bridgehead atoms. The van der Waals surface area contributed by atoms with E-state index in [0.29, 0.717) is 30.5 Å². The van der Waals surface area contributed by atoms with Crippen molar-refractivity contribution < 1.29 is 9.53 Å². The van der Waals surface area contributed by atoms with Gasteiger partial charge in [0.05, 0.1) is 6.61 Å². The lowest BCUT2D eigenvalue weighted by atomic mass is 10.2. The number of hydrogen-bond acceptors (Lipinski definition) is 5. The molecule has 1 aromatic carbocycles. The summed E-state index contributed by atoms with van der Waals surface area (Å²) in [7, 11) is 0. The first kappa shape index (κ1) is 15.0. The number of aryl methyl sites for hydroxylation is 1. The lowest BCUT2D eigenvalue weighted by Crippen LogP contribution is -2.12. The van der Waals surface area contributed by atoms with Crippen LogP contribution >= 0.6 is 11.3 Å². The fourth-order valence-corrected chi connectivity index (χ4v) is 3.02. The molecule has 5 nitrogen and oxygen atoms in total. The standard InChI is InChI=1S/C16H19N3O2S/c1-11-4-2-5-13(10-11)21-9-3-6-14(20)17-16-19-18-15(22-16)12-7-8-12/h2,4-5,10,12H,3,6-9H2,1H3,(H,17,19,20). The molecule has 0 radical (unpaired) electrons. The van der Waals surface area contributed by atoms with Gasteiger partial charge in [0.2, 0.25) is 11.0 Å². The van der Waals surface area contributed by atoms with E-state index in [-0.39, 0.29) is 5.91 Å². The van der Waals surface area contributed by atoms with E-state index in [1.165, 1.54) is 24.2 Å². The molecule has 3 rings (SSSR count). The fourth-order valence-electron chi connectivity index (χ4n) is 2.09. The summed E-state index contributed by atoms with van der Waals surface area (Å²) >= 11 is 1.48. The van der Waals surface area contributed by atoms with E-state index in [1.54, 1.807) is 0 Å². The van der Waals surface area contributed by atoms with E-state index in [4.69, 9.17) is 4.74 Å². The van der Waals surface area contributed by atoms with Crippen molar-refractivity contribution >= 4 is 22.4 Å². The van der Waals surface area contributed by atoms with Crippen LogP contribution in [0.5, 0.6) is 5.75 Å². The number of nitrogens with one attached hydrogen (secondary N) is 1. The molecule has 22 heavy (non-hydrogen) atoms. The van der Waals surface area contributed by atoms with Crippen molar-refractivity contribution in [1.82, 2.24) is 10.2 Å². The number of rotatable bonds is 7. The second-order valence-electron chi connectivity index (χ2n) is 5.54. The molecular weight excluding hydrogens is 298 g/mol. The van der Waals surface area contributed by atoms with Crippen molar-refractivity contribution in [1.29, 1.82) is 0 Å². The zero-order valence-electron chi connectivity index (χ0n) is 12.5. The summed E-state index contributed by atoms with van der Waals surface area (Å²) in [6, 6.07) is 7.90. The van der Waals surface area contributed by atoms with Crippen LogP contribution in [0.2, 0.25) is 0 Å². The second kappa shape index (κ2) is 6.87. The van der Waals surface area contributed by atoms with E-state index in [1.807, 2.05) is 31.2 Å². The average Bonchev–Trinajstić information content (AvgIpc) is 3.24. The Morgan fingerprint density at radius 3 is 3.05 bits per heavy atom. The molecule has 1 fully saturated rings. The molecule has 1 heterocycles. The van der Waals surface area contributed by atoms with E-state index in [0.717, 1.165) is 16.3 Å². The van der Waals surface area contributed by atoms with Crippen molar-refractivity contribution in [3.8, 4) is 5.75 Å². The molecule has 1 saturated carbocycles. The molecule has 1 aliphatic carbocycles. The van der Waals surface area contributed by atoms with Gasteiger partial charge in [-0.1, -0.05) is 23.5 Å². The molecule has 116 valence electrons. The number of carbonyl (C=O) groups excluding carboxylic acids is 1. The molecule has 0 spiro atoms. The highest BCUT2D eigenvalue weighted by Crippen LogP contribution is 2.42. The SMILES string of the molecule is Cc1cccc(OCCCC(=O)Nc2nnc(C3CC3)s2)c1. The summed E-state index contributed by atoms with van der Waals surface area (Å²) in [5.41, 5.74) is 1.16. The Kier molecular flexibility index (Phi) is 4.68. The van der Waals surface area contributed by atoms with E-state index in [2.05, 4.69) is 15.5 Å².